The molecule has 6 nitrogen and oxygen atoms in total. The van der Waals surface area contributed by atoms with Gasteiger partial charge in [0.25, 0.3) is 0 Å². The smallest absolute Gasteiger partial charge is 0.408 e. The Kier molecular flexibility index (Phi) is 9.36. The molecule has 0 heterocycles. The number of carbonyl (C=O) groups excluding carboxylic acids is 2. The van der Waals surface area contributed by atoms with Gasteiger partial charge in [0, 0.05) is 0 Å². The Balaban J connectivity index is 0. The third kappa shape index (κ3) is 8.45. The molecule has 6 heteroatoms. The molecular formula is C7H16N2O4. The van der Waals surface area contributed by atoms with Gasteiger partial charge in [-0.15, -0.1) is 0 Å². The number of nitrogens with one attached hydrogen (secondary N) is 2. The molecule has 0 aromatic carbocycles. The summed E-state index contributed by atoms with van der Waals surface area (Å²) < 4.78 is 8.76. The quantitative estimate of drug-likeness (QED) is 0.645. The average Bonchev–Trinajstić information content (AvgIpc) is 2.04. The molecule has 0 saturated heterocycles. The summed E-state index contributed by atoms with van der Waals surface area (Å²) in [6.45, 7) is 1.98. The fourth-order valence-electron chi connectivity index (χ4n) is 0.443. The van der Waals surface area contributed by atoms with Crippen LogP contribution in [0.4, 0.5) is 9.59 Å². The van der Waals surface area contributed by atoms with Gasteiger partial charge < -0.3 is 20.1 Å². The van der Waals surface area contributed by atoms with E-state index in [0.717, 1.165) is 0 Å². The zero-order valence-electron chi connectivity index (χ0n) is 7.05. The number of alkyl carbamates (subject to hydrolysis) is 2. The fourth-order valence-corrected chi connectivity index (χ4v) is 0.443. The second kappa shape index (κ2) is 8.63. The highest BCUT2D eigenvalue weighted by molar-refractivity contribution is 5.69. The molecule has 0 aliphatic rings. The lowest BCUT2D eigenvalue weighted by Gasteiger charge is -2.05. The summed E-state index contributed by atoms with van der Waals surface area (Å²) in [7, 11) is 1.24. The summed E-state index contributed by atoms with van der Waals surface area (Å²) in [5.41, 5.74) is 0. The largest absolute Gasteiger partial charge is 0.453 e. The minimum Gasteiger partial charge on any atom is -0.453 e. The van der Waals surface area contributed by atoms with Crippen molar-refractivity contribution in [2.45, 2.75) is 14.4 Å². The van der Waals surface area contributed by atoms with Crippen LogP contribution in [0, 0.1) is 0 Å². The first-order chi connectivity index (χ1) is 5.70. The summed E-state index contributed by atoms with van der Waals surface area (Å²) in [5.74, 6) is 0. The van der Waals surface area contributed by atoms with E-state index < -0.39 is 12.2 Å². The van der Waals surface area contributed by atoms with E-state index in [1.807, 2.05) is 0 Å². The van der Waals surface area contributed by atoms with Crippen molar-refractivity contribution in [3.05, 3.63) is 0 Å². The monoisotopic (exact) mass is 192 g/mol. The van der Waals surface area contributed by atoms with Gasteiger partial charge in [0.1, 0.15) is 0 Å². The predicted molar refractivity (Wildman–Crippen MR) is 47.3 cm³/mol. The van der Waals surface area contributed by atoms with E-state index in [9.17, 15) is 9.59 Å². The Morgan fingerprint density at radius 2 is 1.77 bits per heavy atom. The van der Waals surface area contributed by atoms with Crippen molar-refractivity contribution in [3.8, 4) is 0 Å². The molecule has 0 fully saturated rings. The zero-order valence-corrected chi connectivity index (χ0v) is 7.05. The van der Waals surface area contributed by atoms with Gasteiger partial charge in [-0.3, -0.25) is 0 Å². The number of amides is 2. The van der Waals surface area contributed by atoms with Crippen LogP contribution in [0.1, 0.15) is 14.4 Å². The van der Waals surface area contributed by atoms with E-state index >= 15 is 0 Å². The molecule has 0 bridgehead atoms. The molecule has 0 atom stereocenters. The summed E-state index contributed by atoms with van der Waals surface area (Å²) in [6.07, 6.45) is -1.18. The normalized spacial score (nSPS) is 7.85. The molecule has 2 amide bonds. The van der Waals surface area contributed by atoms with Gasteiger partial charge in [0.15, 0.2) is 0 Å². The lowest BCUT2D eigenvalue weighted by Crippen LogP contribution is -2.37. The maximum Gasteiger partial charge on any atom is 0.408 e. The number of ether oxygens (including phenoxy) is 2. The van der Waals surface area contributed by atoms with Crippen molar-refractivity contribution in [1.82, 2.24) is 10.6 Å². The molecular weight excluding hydrogens is 176 g/mol. The summed E-state index contributed by atoms with van der Waals surface area (Å²) in [6, 6.07) is 0. The molecule has 0 unspecified atom stereocenters. The second-order valence-electron chi connectivity index (χ2n) is 1.74. The fraction of sp³-hybridized carbons (Fsp3) is 0.714. The molecule has 0 aromatic rings. The summed E-state index contributed by atoms with van der Waals surface area (Å²) >= 11 is 0. The number of hydrogen-bond donors (Lipinski definition) is 2. The van der Waals surface area contributed by atoms with Gasteiger partial charge in [-0.05, 0) is 6.92 Å². The van der Waals surface area contributed by atoms with E-state index in [4.69, 9.17) is 0 Å². The van der Waals surface area contributed by atoms with Crippen LogP contribution >= 0.6 is 0 Å². The van der Waals surface area contributed by atoms with Crippen LogP contribution < -0.4 is 10.6 Å². The van der Waals surface area contributed by atoms with Gasteiger partial charge in [-0.1, -0.05) is 7.43 Å². The topological polar surface area (TPSA) is 76.7 Å². The van der Waals surface area contributed by atoms with Gasteiger partial charge in [-0.25, -0.2) is 9.59 Å². The van der Waals surface area contributed by atoms with Crippen molar-refractivity contribution in [2.75, 3.05) is 20.4 Å². The van der Waals surface area contributed by atoms with Gasteiger partial charge >= 0.3 is 12.2 Å². The number of hydrogen-bond acceptors (Lipinski definition) is 4. The van der Waals surface area contributed by atoms with E-state index in [1.54, 1.807) is 6.92 Å². The van der Waals surface area contributed by atoms with Crippen LogP contribution in [0.2, 0.25) is 0 Å². The second-order valence-corrected chi connectivity index (χ2v) is 1.74. The molecule has 0 saturated carbocycles. The highest BCUT2D eigenvalue weighted by Gasteiger charge is 2.00. The van der Waals surface area contributed by atoms with Crippen molar-refractivity contribution in [3.63, 3.8) is 0 Å². The molecule has 13 heavy (non-hydrogen) atoms. The first-order valence-electron chi connectivity index (χ1n) is 3.43. The van der Waals surface area contributed by atoms with E-state index in [1.165, 1.54) is 7.11 Å². The first-order valence-corrected chi connectivity index (χ1v) is 3.43. The summed E-state index contributed by atoms with van der Waals surface area (Å²) in [5, 5.41) is 4.52. The maximum absolute atomic E-state index is 10.6. The third-order valence-corrected chi connectivity index (χ3v) is 0.926. The van der Waals surface area contributed by atoms with Crippen molar-refractivity contribution in [1.29, 1.82) is 0 Å². The molecule has 0 aliphatic carbocycles. The van der Waals surface area contributed by atoms with Gasteiger partial charge in [0.05, 0.1) is 20.4 Å². The number of carbonyl (C=O) groups is 2. The highest BCUT2D eigenvalue weighted by Crippen LogP contribution is 1.74. The minimum atomic E-state index is -0.605. The van der Waals surface area contributed by atoms with Crippen LogP contribution in [0.15, 0.2) is 0 Å². The van der Waals surface area contributed by atoms with E-state index in [0.29, 0.717) is 6.61 Å². The first kappa shape index (κ1) is 14.1. The predicted octanol–water partition coefficient (Wildman–Crippen LogP) is 0.682. The number of rotatable bonds is 3. The van der Waals surface area contributed by atoms with E-state index in [2.05, 4.69) is 20.1 Å². The van der Waals surface area contributed by atoms with Crippen LogP contribution in [-0.2, 0) is 9.47 Å². The van der Waals surface area contributed by atoms with Gasteiger partial charge in [0.2, 0.25) is 0 Å². The zero-order chi connectivity index (χ0) is 9.40. The minimum absolute atomic E-state index is 0. The molecule has 0 aromatic heterocycles. The van der Waals surface area contributed by atoms with Crippen molar-refractivity contribution in [2.24, 2.45) is 0 Å². The Hall–Kier alpha value is -1.46. The number of methoxy groups -OCH3 is 1. The molecule has 0 spiro atoms. The van der Waals surface area contributed by atoms with Crippen LogP contribution in [0.5, 0.6) is 0 Å². The third-order valence-electron chi connectivity index (χ3n) is 0.926. The SMILES string of the molecule is C.CCOC(=O)NCNC(=O)OC. The average molecular weight is 192 g/mol. The molecule has 2 N–H and O–H groups in total. The van der Waals surface area contributed by atoms with Crippen LogP contribution in [-0.4, -0.2) is 32.6 Å². The molecule has 0 radical (unpaired) electrons. The Bertz CT molecular complexity index is 161. The van der Waals surface area contributed by atoms with E-state index in [-0.39, 0.29) is 14.1 Å². The lowest BCUT2D eigenvalue weighted by atomic mass is 10.8. The van der Waals surface area contributed by atoms with Crippen LogP contribution in [0.3, 0.4) is 0 Å². The Morgan fingerprint density at radius 3 is 2.23 bits per heavy atom. The Labute approximate surface area is 77.6 Å². The standard InChI is InChI=1S/C6H12N2O4.CH4/c1-3-12-6(10)8-4-7-5(9)11-2;/h3-4H2,1-2H3,(H,7,9)(H,8,10);1H4. The molecule has 78 valence electrons. The molecule has 0 rings (SSSR count). The Morgan fingerprint density at radius 1 is 1.23 bits per heavy atom. The lowest BCUT2D eigenvalue weighted by molar-refractivity contribution is 0.149. The molecule has 0 aliphatic heterocycles. The summed E-state index contributed by atoms with van der Waals surface area (Å²) in [4.78, 5) is 21.0. The van der Waals surface area contributed by atoms with Gasteiger partial charge in [-0.2, -0.15) is 0 Å². The van der Waals surface area contributed by atoms with Crippen molar-refractivity contribution >= 4 is 12.2 Å². The van der Waals surface area contributed by atoms with Crippen molar-refractivity contribution < 1.29 is 19.1 Å². The maximum atomic E-state index is 10.6. The highest BCUT2D eigenvalue weighted by atomic mass is 16.6. The van der Waals surface area contributed by atoms with Crippen LogP contribution in [0.25, 0.3) is 0 Å².